The van der Waals surface area contributed by atoms with E-state index in [1.807, 2.05) is 0 Å². The maximum atomic E-state index is 3.89. The summed E-state index contributed by atoms with van der Waals surface area (Å²) in [5.74, 6) is 3.06. The van der Waals surface area contributed by atoms with Crippen molar-refractivity contribution < 1.29 is 0 Å². The third kappa shape index (κ3) is 2.73. The molecule has 86 valence electrons. The first-order valence-corrected chi connectivity index (χ1v) is 6.87. The van der Waals surface area contributed by atoms with Crippen LogP contribution in [0, 0.1) is 17.8 Å². The van der Waals surface area contributed by atoms with Crippen molar-refractivity contribution in [2.75, 3.05) is 19.6 Å². The molecule has 0 aromatic heterocycles. The summed E-state index contributed by atoms with van der Waals surface area (Å²) in [5.41, 5.74) is 0. The molecular weight excluding hydrogens is 184 g/mol. The second-order valence-electron chi connectivity index (χ2n) is 5.80. The minimum Gasteiger partial charge on any atom is -0.317 e. The number of piperidine rings is 1. The Morgan fingerprint density at radius 3 is 2.07 bits per heavy atom. The molecule has 2 aliphatic carbocycles. The van der Waals surface area contributed by atoms with E-state index >= 15 is 0 Å². The zero-order valence-corrected chi connectivity index (χ0v) is 9.67. The van der Waals surface area contributed by atoms with Gasteiger partial charge in [-0.25, -0.2) is 0 Å². The van der Waals surface area contributed by atoms with Crippen LogP contribution in [0.5, 0.6) is 0 Å². The van der Waals surface area contributed by atoms with E-state index in [1.54, 1.807) is 0 Å². The highest BCUT2D eigenvalue weighted by Gasteiger charge is 2.41. The van der Waals surface area contributed by atoms with Crippen molar-refractivity contribution in [1.82, 2.24) is 10.6 Å². The molecule has 1 aliphatic heterocycles. The van der Waals surface area contributed by atoms with Crippen molar-refractivity contribution >= 4 is 0 Å². The molecule has 0 aromatic rings. The minimum absolute atomic E-state index is 0.903. The van der Waals surface area contributed by atoms with Gasteiger partial charge in [-0.15, -0.1) is 0 Å². The largest absolute Gasteiger partial charge is 0.317 e. The predicted octanol–water partition coefficient (Wildman–Crippen LogP) is 1.76. The molecule has 2 N–H and O–H groups in total. The zero-order valence-electron chi connectivity index (χ0n) is 9.67. The fourth-order valence-corrected chi connectivity index (χ4v) is 3.02. The summed E-state index contributed by atoms with van der Waals surface area (Å²) >= 11 is 0. The van der Waals surface area contributed by atoms with E-state index in [4.69, 9.17) is 0 Å². The van der Waals surface area contributed by atoms with Crippen LogP contribution in [-0.4, -0.2) is 25.7 Å². The quantitative estimate of drug-likeness (QED) is 0.719. The first kappa shape index (κ1) is 10.1. The SMILES string of the molecule is C1CC(CNC(C2CC2)C2CC2)CCN1. The van der Waals surface area contributed by atoms with Crippen molar-refractivity contribution in [2.24, 2.45) is 17.8 Å². The molecule has 2 saturated carbocycles. The van der Waals surface area contributed by atoms with Crippen molar-refractivity contribution in [3.63, 3.8) is 0 Å². The van der Waals surface area contributed by atoms with Gasteiger partial charge in [0.2, 0.25) is 0 Å². The predicted molar refractivity (Wildman–Crippen MR) is 62.8 cm³/mol. The average molecular weight is 208 g/mol. The lowest BCUT2D eigenvalue weighted by Gasteiger charge is -2.26. The molecule has 3 rings (SSSR count). The van der Waals surface area contributed by atoms with E-state index < -0.39 is 0 Å². The molecule has 0 spiro atoms. The second-order valence-corrected chi connectivity index (χ2v) is 5.80. The van der Waals surface area contributed by atoms with Crippen LogP contribution in [0.1, 0.15) is 38.5 Å². The van der Waals surface area contributed by atoms with Gasteiger partial charge >= 0.3 is 0 Å². The van der Waals surface area contributed by atoms with Crippen LogP contribution in [0.25, 0.3) is 0 Å². The van der Waals surface area contributed by atoms with Gasteiger partial charge in [0.25, 0.3) is 0 Å². The fourth-order valence-electron chi connectivity index (χ4n) is 3.02. The van der Waals surface area contributed by atoms with Crippen LogP contribution < -0.4 is 10.6 Å². The molecule has 0 unspecified atom stereocenters. The molecule has 0 bridgehead atoms. The van der Waals surface area contributed by atoms with E-state index in [1.165, 1.54) is 58.2 Å². The zero-order chi connectivity index (χ0) is 10.1. The van der Waals surface area contributed by atoms with Gasteiger partial charge < -0.3 is 10.6 Å². The van der Waals surface area contributed by atoms with Gasteiger partial charge in [-0.3, -0.25) is 0 Å². The fraction of sp³-hybridized carbons (Fsp3) is 1.00. The highest BCUT2D eigenvalue weighted by molar-refractivity contribution is 4.96. The summed E-state index contributed by atoms with van der Waals surface area (Å²) in [6.45, 7) is 3.77. The first-order valence-electron chi connectivity index (χ1n) is 6.87. The number of rotatable bonds is 5. The van der Waals surface area contributed by atoms with Crippen LogP contribution in [0.3, 0.4) is 0 Å². The van der Waals surface area contributed by atoms with Gasteiger partial charge in [-0.1, -0.05) is 0 Å². The Morgan fingerprint density at radius 1 is 0.933 bits per heavy atom. The lowest BCUT2D eigenvalue weighted by molar-refractivity contribution is 0.317. The summed E-state index contributed by atoms with van der Waals surface area (Å²) in [4.78, 5) is 0. The van der Waals surface area contributed by atoms with E-state index in [0.29, 0.717) is 0 Å². The summed E-state index contributed by atoms with van der Waals surface area (Å²) in [6, 6.07) is 0.903. The number of hydrogen-bond acceptors (Lipinski definition) is 2. The van der Waals surface area contributed by atoms with Gasteiger partial charge in [0, 0.05) is 6.04 Å². The molecular formula is C13H24N2. The summed E-state index contributed by atoms with van der Waals surface area (Å²) < 4.78 is 0. The van der Waals surface area contributed by atoms with E-state index in [9.17, 15) is 0 Å². The monoisotopic (exact) mass is 208 g/mol. The molecule has 1 saturated heterocycles. The summed E-state index contributed by atoms with van der Waals surface area (Å²) in [5, 5.41) is 7.33. The van der Waals surface area contributed by atoms with Crippen LogP contribution >= 0.6 is 0 Å². The average Bonchev–Trinajstić information content (AvgIpc) is 3.14. The normalized spacial score (nSPS) is 28.6. The molecule has 3 fully saturated rings. The third-order valence-electron chi connectivity index (χ3n) is 4.36. The Labute approximate surface area is 93.2 Å². The van der Waals surface area contributed by atoms with Crippen LogP contribution in [0.2, 0.25) is 0 Å². The van der Waals surface area contributed by atoms with Crippen LogP contribution in [-0.2, 0) is 0 Å². The van der Waals surface area contributed by atoms with E-state index in [2.05, 4.69) is 10.6 Å². The van der Waals surface area contributed by atoms with Crippen molar-refractivity contribution in [2.45, 2.75) is 44.6 Å². The molecule has 3 aliphatic rings. The van der Waals surface area contributed by atoms with Gasteiger partial charge in [0.05, 0.1) is 0 Å². The topological polar surface area (TPSA) is 24.1 Å². The Kier molecular flexibility index (Phi) is 2.98. The molecule has 0 amide bonds. The maximum Gasteiger partial charge on any atom is 0.0124 e. The summed E-state index contributed by atoms with van der Waals surface area (Å²) in [6.07, 6.45) is 8.77. The van der Waals surface area contributed by atoms with Gasteiger partial charge in [0.1, 0.15) is 0 Å². The Balaban J connectivity index is 1.42. The van der Waals surface area contributed by atoms with Crippen LogP contribution in [0.15, 0.2) is 0 Å². The number of hydrogen-bond donors (Lipinski definition) is 2. The first-order chi connectivity index (χ1) is 7.43. The Bertz CT molecular complexity index is 191. The highest BCUT2D eigenvalue weighted by atomic mass is 15.0. The van der Waals surface area contributed by atoms with Crippen molar-refractivity contribution in [1.29, 1.82) is 0 Å². The van der Waals surface area contributed by atoms with E-state index in [-0.39, 0.29) is 0 Å². The van der Waals surface area contributed by atoms with Crippen molar-refractivity contribution in [3.8, 4) is 0 Å². The third-order valence-corrected chi connectivity index (χ3v) is 4.36. The molecule has 2 nitrogen and oxygen atoms in total. The highest BCUT2D eigenvalue weighted by Crippen LogP contribution is 2.44. The molecule has 15 heavy (non-hydrogen) atoms. The molecule has 2 heteroatoms. The maximum absolute atomic E-state index is 3.89. The van der Waals surface area contributed by atoms with Gasteiger partial charge in [-0.2, -0.15) is 0 Å². The lowest BCUT2D eigenvalue weighted by Crippen LogP contribution is -2.40. The standard InChI is InChI=1S/C13H24N2/c1-2-11(1)13(12-3-4-12)15-9-10-5-7-14-8-6-10/h10-15H,1-9H2. The minimum atomic E-state index is 0.903. The van der Waals surface area contributed by atoms with Crippen molar-refractivity contribution in [3.05, 3.63) is 0 Å². The molecule has 1 heterocycles. The molecule has 0 radical (unpaired) electrons. The van der Waals surface area contributed by atoms with Gasteiger partial charge in [0.15, 0.2) is 0 Å². The molecule has 0 aromatic carbocycles. The second kappa shape index (κ2) is 4.42. The number of nitrogens with one attached hydrogen (secondary N) is 2. The Morgan fingerprint density at radius 2 is 1.53 bits per heavy atom. The Hall–Kier alpha value is -0.0800. The van der Waals surface area contributed by atoms with Crippen LogP contribution in [0.4, 0.5) is 0 Å². The van der Waals surface area contributed by atoms with E-state index in [0.717, 1.165) is 23.8 Å². The smallest absolute Gasteiger partial charge is 0.0124 e. The molecule has 0 atom stereocenters. The van der Waals surface area contributed by atoms with Gasteiger partial charge in [-0.05, 0) is 75.9 Å². The lowest BCUT2D eigenvalue weighted by atomic mass is 9.97. The summed E-state index contributed by atoms with van der Waals surface area (Å²) in [7, 11) is 0.